The SMILES string of the molecule is CC1CNC(CCN(C)CCO)C1. The van der Waals surface area contributed by atoms with Crippen molar-refractivity contribution in [3.05, 3.63) is 0 Å². The van der Waals surface area contributed by atoms with Gasteiger partial charge in [-0.1, -0.05) is 6.92 Å². The van der Waals surface area contributed by atoms with Gasteiger partial charge in [0.05, 0.1) is 6.61 Å². The van der Waals surface area contributed by atoms with E-state index in [1.54, 1.807) is 0 Å². The van der Waals surface area contributed by atoms with Gasteiger partial charge in [0.25, 0.3) is 0 Å². The fourth-order valence-corrected chi connectivity index (χ4v) is 1.90. The summed E-state index contributed by atoms with van der Waals surface area (Å²) in [6, 6.07) is 0.705. The number of rotatable bonds is 5. The molecule has 0 aromatic rings. The molecule has 0 aromatic heterocycles. The molecular weight excluding hydrogens is 164 g/mol. The van der Waals surface area contributed by atoms with Gasteiger partial charge in [0.1, 0.15) is 0 Å². The number of likely N-dealkylation sites (N-methyl/N-ethyl adjacent to an activating group) is 1. The van der Waals surface area contributed by atoms with Crippen molar-refractivity contribution in [2.24, 2.45) is 5.92 Å². The molecular formula is C10H22N2O. The first-order valence-electron chi connectivity index (χ1n) is 5.25. The van der Waals surface area contributed by atoms with Crippen LogP contribution in [0.15, 0.2) is 0 Å². The van der Waals surface area contributed by atoms with Gasteiger partial charge in [-0.2, -0.15) is 0 Å². The molecule has 0 aromatic carbocycles. The maximum absolute atomic E-state index is 8.71. The van der Waals surface area contributed by atoms with Crippen LogP contribution < -0.4 is 5.32 Å². The van der Waals surface area contributed by atoms with Crippen molar-refractivity contribution in [2.75, 3.05) is 33.3 Å². The van der Waals surface area contributed by atoms with E-state index in [0.29, 0.717) is 6.04 Å². The minimum atomic E-state index is 0.269. The molecule has 3 heteroatoms. The maximum atomic E-state index is 8.71. The average Bonchev–Trinajstić information content (AvgIpc) is 2.49. The number of nitrogens with zero attached hydrogens (tertiary/aromatic N) is 1. The van der Waals surface area contributed by atoms with E-state index < -0.39 is 0 Å². The summed E-state index contributed by atoms with van der Waals surface area (Å²) in [5.41, 5.74) is 0. The van der Waals surface area contributed by atoms with Crippen molar-refractivity contribution in [1.29, 1.82) is 0 Å². The monoisotopic (exact) mass is 186 g/mol. The fraction of sp³-hybridized carbons (Fsp3) is 1.00. The standard InChI is InChI=1S/C10H22N2O/c1-9-7-10(11-8-9)3-4-12(2)5-6-13/h9-11,13H,3-8H2,1-2H3. The average molecular weight is 186 g/mol. The number of aliphatic hydroxyl groups excluding tert-OH is 1. The summed E-state index contributed by atoms with van der Waals surface area (Å²) in [7, 11) is 2.06. The van der Waals surface area contributed by atoms with Crippen LogP contribution in [0.2, 0.25) is 0 Å². The smallest absolute Gasteiger partial charge is 0.0558 e. The van der Waals surface area contributed by atoms with E-state index in [2.05, 4.69) is 24.2 Å². The van der Waals surface area contributed by atoms with Crippen LogP contribution in [0.1, 0.15) is 19.8 Å². The van der Waals surface area contributed by atoms with Gasteiger partial charge in [0.15, 0.2) is 0 Å². The zero-order chi connectivity index (χ0) is 9.68. The molecule has 0 radical (unpaired) electrons. The predicted molar refractivity (Wildman–Crippen MR) is 54.8 cm³/mol. The first-order valence-corrected chi connectivity index (χ1v) is 5.25. The van der Waals surface area contributed by atoms with E-state index in [4.69, 9.17) is 5.11 Å². The Morgan fingerprint density at radius 1 is 1.46 bits per heavy atom. The lowest BCUT2D eigenvalue weighted by atomic mass is 10.1. The van der Waals surface area contributed by atoms with Crippen LogP contribution in [0.25, 0.3) is 0 Å². The zero-order valence-electron chi connectivity index (χ0n) is 8.79. The van der Waals surface area contributed by atoms with Crippen LogP contribution in [-0.4, -0.2) is 49.3 Å². The van der Waals surface area contributed by atoms with Crippen molar-refractivity contribution in [2.45, 2.75) is 25.8 Å². The third kappa shape index (κ3) is 4.07. The Labute approximate surface area is 81.1 Å². The van der Waals surface area contributed by atoms with Crippen molar-refractivity contribution in [3.8, 4) is 0 Å². The molecule has 1 saturated heterocycles. The van der Waals surface area contributed by atoms with Gasteiger partial charge in [0, 0.05) is 12.6 Å². The van der Waals surface area contributed by atoms with Crippen LogP contribution in [0.5, 0.6) is 0 Å². The summed E-state index contributed by atoms with van der Waals surface area (Å²) in [5, 5.41) is 12.2. The highest BCUT2D eigenvalue weighted by molar-refractivity contribution is 4.79. The Morgan fingerprint density at radius 2 is 2.23 bits per heavy atom. The molecule has 78 valence electrons. The first kappa shape index (κ1) is 11.0. The third-order valence-electron chi connectivity index (χ3n) is 2.78. The minimum absolute atomic E-state index is 0.269. The van der Waals surface area contributed by atoms with Crippen LogP contribution in [0.3, 0.4) is 0 Å². The number of nitrogens with one attached hydrogen (secondary N) is 1. The number of hydrogen-bond donors (Lipinski definition) is 2. The number of hydrogen-bond acceptors (Lipinski definition) is 3. The van der Waals surface area contributed by atoms with Crippen LogP contribution >= 0.6 is 0 Å². The molecule has 1 rings (SSSR count). The van der Waals surface area contributed by atoms with Gasteiger partial charge in [-0.15, -0.1) is 0 Å². The lowest BCUT2D eigenvalue weighted by Gasteiger charge is -2.17. The third-order valence-corrected chi connectivity index (χ3v) is 2.78. The molecule has 0 bridgehead atoms. The summed E-state index contributed by atoms with van der Waals surface area (Å²) in [6.07, 6.45) is 2.52. The molecule has 3 nitrogen and oxygen atoms in total. The summed E-state index contributed by atoms with van der Waals surface area (Å²) >= 11 is 0. The van der Waals surface area contributed by atoms with Crippen molar-refractivity contribution in [1.82, 2.24) is 10.2 Å². The van der Waals surface area contributed by atoms with Crippen LogP contribution in [-0.2, 0) is 0 Å². The maximum Gasteiger partial charge on any atom is 0.0558 e. The Balaban J connectivity index is 2.05. The Kier molecular flexibility index (Phi) is 4.70. The topological polar surface area (TPSA) is 35.5 Å². The summed E-state index contributed by atoms with van der Waals surface area (Å²) in [4.78, 5) is 2.19. The summed E-state index contributed by atoms with van der Waals surface area (Å²) in [5.74, 6) is 0.841. The summed E-state index contributed by atoms with van der Waals surface area (Å²) < 4.78 is 0. The van der Waals surface area contributed by atoms with Crippen molar-refractivity contribution >= 4 is 0 Å². The van der Waals surface area contributed by atoms with Gasteiger partial charge in [-0.05, 0) is 38.9 Å². The van der Waals surface area contributed by atoms with E-state index in [0.717, 1.165) is 19.0 Å². The van der Waals surface area contributed by atoms with Crippen molar-refractivity contribution in [3.63, 3.8) is 0 Å². The highest BCUT2D eigenvalue weighted by atomic mass is 16.3. The quantitative estimate of drug-likeness (QED) is 0.648. The number of aliphatic hydroxyl groups is 1. The predicted octanol–water partition coefficient (Wildman–Crippen LogP) is 0.299. The van der Waals surface area contributed by atoms with E-state index in [1.807, 2.05) is 0 Å². The van der Waals surface area contributed by atoms with E-state index in [-0.39, 0.29) is 6.61 Å². The van der Waals surface area contributed by atoms with Gasteiger partial charge in [0.2, 0.25) is 0 Å². The summed E-state index contributed by atoms with van der Waals surface area (Å²) in [6.45, 7) is 5.62. The molecule has 0 amide bonds. The van der Waals surface area contributed by atoms with Crippen LogP contribution in [0, 0.1) is 5.92 Å². The minimum Gasteiger partial charge on any atom is -0.395 e. The molecule has 2 unspecified atom stereocenters. The Hall–Kier alpha value is -0.120. The molecule has 0 aliphatic carbocycles. The molecule has 1 aliphatic rings. The van der Waals surface area contributed by atoms with E-state index in [9.17, 15) is 0 Å². The molecule has 2 atom stereocenters. The Bertz CT molecular complexity index is 141. The molecule has 1 aliphatic heterocycles. The second kappa shape index (κ2) is 5.58. The molecule has 1 heterocycles. The van der Waals surface area contributed by atoms with Gasteiger partial charge < -0.3 is 15.3 Å². The zero-order valence-corrected chi connectivity index (χ0v) is 8.79. The van der Waals surface area contributed by atoms with E-state index in [1.165, 1.54) is 19.4 Å². The molecule has 13 heavy (non-hydrogen) atoms. The van der Waals surface area contributed by atoms with Gasteiger partial charge in [-0.25, -0.2) is 0 Å². The largest absolute Gasteiger partial charge is 0.395 e. The molecule has 0 saturated carbocycles. The second-order valence-electron chi connectivity index (χ2n) is 4.26. The Morgan fingerprint density at radius 3 is 2.77 bits per heavy atom. The second-order valence-corrected chi connectivity index (χ2v) is 4.26. The van der Waals surface area contributed by atoms with Gasteiger partial charge >= 0.3 is 0 Å². The lowest BCUT2D eigenvalue weighted by Crippen LogP contribution is -2.29. The molecule has 0 spiro atoms. The van der Waals surface area contributed by atoms with E-state index >= 15 is 0 Å². The fourth-order valence-electron chi connectivity index (χ4n) is 1.90. The highest BCUT2D eigenvalue weighted by Gasteiger charge is 2.19. The van der Waals surface area contributed by atoms with Gasteiger partial charge in [-0.3, -0.25) is 0 Å². The lowest BCUT2D eigenvalue weighted by molar-refractivity contribution is 0.216. The molecule has 2 N–H and O–H groups in total. The normalized spacial score (nSPS) is 28.6. The molecule has 1 fully saturated rings. The van der Waals surface area contributed by atoms with Crippen molar-refractivity contribution < 1.29 is 5.11 Å². The highest BCUT2D eigenvalue weighted by Crippen LogP contribution is 2.15. The van der Waals surface area contributed by atoms with Crippen LogP contribution in [0.4, 0.5) is 0 Å². The first-order chi connectivity index (χ1) is 6.22.